The van der Waals surface area contributed by atoms with Crippen molar-refractivity contribution >= 4 is 46.8 Å². The van der Waals surface area contributed by atoms with Gasteiger partial charge in [0.2, 0.25) is 0 Å². The summed E-state index contributed by atoms with van der Waals surface area (Å²) in [4.78, 5) is 21.8. The van der Waals surface area contributed by atoms with E-state index in [4.69, 9.17) is 4.74 Å². The average molecular weight is 530 g/mol. The van der Waals surface area contributed by atoms with Gasteiger partial charge >= 0.3 is 0 Å². The standard InChI is InChI=1S/C28H31BN4O4S/c1-37-25-12-7-20(18-24(25)29)19-32-14-16-33(17-15-32)28(34)22-8-10-23(11-9-22)31-38(35,36)26-6-2-4-21-5-3-13-30-27(21)26/h2,4,6-13,18,31H,3,5,14-17,19,29H2,1H3. The number of sulfonamides is 1. The first-order chi connectivity index (χ1) is 18.3. The Morgan fingerprint density at radius 2 is 1.82 bits per heavy atom. The van der Waals surface area contributed by atoms with E-state index in [9.17, 15) is 13.2 Å². The molecule has 1 fully saturated rings. The molecular weight excluding hydrogens is 499 g/mol. The van der Waals surface area contributed by atoms with Gasteiger partial charge in [0.1, 0.15) is 18.5 Å². The molecule has 3 aromatic rings. The van der Waals surface area contributed by atoms with Crippen LogP contribution in [-0.2, 0) is 23.0 Å². The van der Waals surface area contributed by atoms with Gasteiger partial charge in [0, 0.05) is 50.2 Å². The lowest BCUT2D eigenvalue weighted by molar-refractivity contribution is 0.0628. The maximum absolute atomic E-state index is 13.1. The highest BCUT2D eigenvalue weighted by Gasteiger charge is 2.24. The number of para-hydroxylation sites is 1. The summed E-state index contributed by atoms with van der Waals surface area (Å²) >= 11 is 0. The number of piperazine rings is 1. The molecule has 2 aliphatic rings. The fraction of sp³-hybridized carbons (Fsp3) is 0.286. The van der Waals surface area contributed by atoms with Crippen molar-refractivity contribution < 1.29 is 17.9 Å². The molecule has 2 aliphatic heterocycles. The van der Waals surface area contributed by atoms with Crippen LogP contribution in [0.15, 0.2) is 70.6 Å². The third kappa shape index (κ3) is 5.61. The minimum atomic E-state index is -3.82. The summed E-state index contributed by atoms with van der Waals surface area (Å²) in [6, 6.07) is 18.0. The number of aryl methyl sites for hydroxylation is 1. The normalized spacial score (nSPS) is 15.7. The monoisotopic (exact) mass is 530 g/mol. The number of nitrogens with zero attached hydrogens (tertiary/aromatic N) is 3. The maximum atomic E-state index is 13.1. The van der Waals surface area contributed by atoms with Crippen molar-refractivity contribution in [2.75, 3.05) is 38.0 Å². The molecule has 2 heterocycles. The molecular formula is C28H31BN4O4S. The highest BCUT2D eigenvalue weighted by atomic mass is 32.2. The number of benzene rings is 3. The van der Waals surface area contributed by atoms with E-state index in [1.165, 1.54) is 5.56 Å². The molecule has 0 radical (unpaired) electrons. The zero-order chi connectivity index (χ0) is 26.7. The van der Waals surface area contributed by atoms with Gasteiger partial charge in [0.15, 0.2) is 0 Å². The molecule has 0 spiro atoms. The number of ether oxygens (including phenoxy) is 1. The van der Waals surface area contributed by atoms with Gasteiger partial charge in [-0.05, 0) is 65.8 Å². The van der Waals surface area contributed by atoms with Crippen LogP contribution in [0.5, 0.6) is 5.75 Å². The first-order valence-corrected chi connectivity index (χ1v) is 14.2. The molecule has 38 heavy (non-hydrogen) atoms. The average Bonchev–Trinajstić information content (AvgIpc) is 2.93. The van der Waals surface area contributed by atoms with Crippen molar-refractivity contribution in [2.24, 2.45) is 4.99 Å². The molecule has 5 rings (SSSR count). The van der Waals surface area contributed by atoms with E-state index >= 15 is 0 Å². The number of fused-ring (bicyclic) bond motifs is 1. The molecule has 1 saturated heterocycles. The highest BCUT2D eigenvalue weighted by molar-refractivity contribution is 7.92. The minimum Gasteiger partial charge on any atom is -0.497 e. The second-order valence-electron chi connectivity index (χ2n) is 9.67. The molecule has 8 nitrogen and oxygen atoms in total. The number of hydrogen-bond acceptors (Lipinski definition) is 6. The van der Waals surface area contributed by atoms with Crippen molar-refractivity contribution in [1.29, 1.82) is 0 Å². The van der Waals surface area contributed by atoms with E-state index in [0.717, 1.165) is 49.3 Å². The molecule has 1 amide bonds. The van der Waals surface area contributed by atoms with Crippen molar-refractivity contribution in [2.45, 2.75) is 24.3 Å². The third-order valence-corrected chi connectivity index (χ3v) is 8.46. The summed E-state index contributed by atoms with van der Waals surface area (Å²) in [6.07, 6.45) is 3.33. The minimum absolute atomic E-state index is 0.0502. The van der Waals surface area contributed by atoms with E-state index in [-0.39, 0.29) is 10.8 Å². The summed E-state index contributed by atoms with van der Waals surface area (Å²) in [5.74, 6) is 0.835. The smallest absolute Gasteiger partial charge is 0.264 e. The van der Waals surface area contributed by atoms with Gasteiger partial charge < -0.3 is 9.64 Å². The zero-order valence-electron chi connectivity index (χ0n) is 21.7. The maximum Gasteiger partial charge on any atom is 0.264 e. The molecule has 0 unspecified atom stereocenters. The van der Waals surface area contributed by atoms with E-state index < -0.39 is 10.0 Å². The number of hydrogen-bond donors (Lipinski definition) is 1. The zero-order valence-corrected chi connectivity index (χ0v) is 22.5. The molecule has 0 bridgehead atoms. The molecule has 1 N–H and O–H groups in total. The molecule has 0 atom stereocenters. The van der Waals surface area contributed by atoms with Crippen LogP contribution in [0.1, 0.15) is 27.9 Å². The second-order valence-corrected chi connectivity index (χ2v) is 11.3. The van der Waals surface area contributed by atoms with Crippen LogP contribution >= 0.6 is 0 Å². The Kier molecular flexibility index (Phi) is 7.53. The highest BCUT2D eigenvalue weighted by Crippen LogP contribution is 2.32. The number of nitrogens with one attached hydrogen (secondary N) is 1. The van der Waals surface area contributed by atoms with Gasteiger partial charge in [-0.1, -0.05) is 24.3 Å². The van der Waals surface area contributed by atoms with Gasteiger partial charge in [-0.2, -0.15) is 0 Å². The van der Waals surface area contributed by atoms with Gasteiger partial charge in [-0.25, -0.2) is 8.42 Å². The fourth-order valence-electron chi connectivity index (χ4n) is 4.99. The van der Waals surface area contributed by atoms with Crippen LogP contribution in [0.25, 0.3) is 0 Å². The van der Waals surface area contributed by atoms with Crippen molar-refractivity contribution in [3.8, 4) is 5.75 Å². The van der Waals surface area contributed by atoms with Gasteiger partial charge in [0.05, 0.1) is 12.8 Å². The first-order valence-electron chi connectivity index (χ1n) is 12.8. The Morgan fingerprint density at radius 1 is 1.05 bits per heavy atom. The SMILES string of the molecule is Bc1cc(CN2CCN(C(=O)c3ccc(NS(=O)(=O)c4cccc5c4N=CCC5)cc3)CC2)ccc1OC. The van der Waals surface area contributed by atoms with Crippen LogP contribution in [0.3, 0.4) is 0 Å². The Morgan fingerprint density at radius 3 is 2.53 bits per heavy atom. The van der Waals surface area contributed by atoms with Gasteiger partial charge in [0.25, 0.3) is 15.9 Å². The van der Waals surface area contributed by atoms with Crippen molar-refractivity contribution in [3.05, 3.63) is 77.4 Å². The Balaban J connectivity index is 1.19. The molecule has 3 aromatic carbocycles. The van der Waals surface area contributed by atoms with Crippen LogP contribution in [-0.4, -0.2) is 71.5 Å². The summed E-state index contributed by atoms with van der Waals surface area (Å²) < 4.78 is 34.1. The largest absolute Gasteiger partial charge is 0.497 e. The predicted octanol–water partition coefficient (Wildman–Crippen LogP) is 2.36. The van der Waals surface area contributed by atoms with Crippen LogP contribution < -0.4 is 14.9 Å². The van der Waals surface area contributed by atoms with Crippen molar-refractivity contribution in [1.82, 2.24) is 9.80 Å². The molecule has 196 valence electrons. The number of methoxy groups -OCH3 is 1. The third-order valence-electron chi connectivity index (χ3n) is 7.04. The second kappa shape index (κ2) is 11.0. The quantitative estimate of drug-likeness (QED) is 0.474. The number of carbonyl (C=O) groups excluding carboxylic acids is 1. The van der Waals surface area contributed by atoms with E-state index in [0.29, 0.717) is 30.0 Å². The van der Waals surface area contributed by atoms with Crippen LogP contribution in [0, 0.1) is 0 Å². The summed E-state index contributed by atoms with van der Waals surface area (Å²) in [5, 5.41) is 0. The van der Waals surface area contributed by atoms with E-state index in [1.54, 1.807) is 49.7 Å². The molecule has 10 heteroatoms. The Labute approximate surface area is 224 Å². The van der Waals surface area contributed by atoms with E-state index in [2.05, 4.69) is 26.7 Å². The Bertz CT molecular complexity index is 1470. The molecule has 0 saturated carbocycles. The topological polar surface area (TPSA) is 91.3 Å². The fourth-order valence-corrected chi connectivity index (χ4v) is 6.24. The Hall–Kier alpha value is -3.63. The number of aliphatic imine (C=N–C) groups is 1. The first kappa shape index (κ1) is 26.0. The number of anilines is 1. The lowest BCUT2D eigenvalue weighted by atomic mass is 9.93. The summed E-state index contributed by atoms with van der Waals surface area (Å²) in [6.45, 7) is 3.69. The van der Waals surface area contributed by atoms with Gasteiger partial charge in [-0.15, -0.1) is 0 Å². The lowest BCUT2D eigenvalue weighted by Crippen LogP contribution is -2.48. The number of carbonyl (C=O) groups is 1. The number of amides is 1. The molecule has 0 aromatic heterocycles. The van der Waals surface area contributed by atoms with E-state index in [1.807, 2.05) is 24.9 Å². The lowest BCUT2D eigenvalue weighted by Gasteiger charge is -2.35. The number of rotatable bonds is 7. The van der Waals surface area contributed by atoms with Crippen molar-refractivity contribution in [3.63, 3.8) is 0 Å². The van der Waals surface area contributed by atoms with Crippen LogP contribution in [0.2, 0.25) is 0 Å². The summed E-state index contributed by atoms with van der Waals surface area (Å²) in [7, 11) is -0.102. The van der Waals surface area contributed by atoms with Gasteiger partial charge in [-0.3, -0.25) is 19.4 Å². The van der Waals surface area contributed by atoms with Crippen LogP contribution in [0.4, 0.5) is 11.4 Å². The molecule has 0 aliphatic carbocycles. The predicted molar refractivity (Wildman–Crippen MR) is 153 cm³/mol. The summed E-state index contributed by atoms with van der Waals surface area (Å²) in [5.41, 5.74) is 4.70.